The molecule has 0 unspecified atom stereocenters. The van der Waals surface area contributed by atoms with Gasteiger partial charge in [-0.25, -0.2) is 8.42 Å². The van der Waals surface area contributed by atoms with E-state index in [4.69, 9.17) is 16.3 Å². The minimum absolute atomic E-state index is 0.107. The van der Waals surface area contributed by atoms with Crippen LogP contribution >= 0.6 is 22.9 Å². The van der Waals surface area contributed by atoms with E-state index < -0.39 is 27.1 Å². The van der Waals surface area contributed by atoms with E-state index in [-0.39, 0.29) is 10.8 Å². The summed E-state index contributed by atoms with van der Waals surface area (Å²) in [5.74, 6) is -0.589. The van der Waals surface area contributed by atoms with Gasteiger partial charge >= 0.3 is 5.97 Å². The van der Waals surface area contributed by atoms with Gasteiger partial charge in [-0.2, -0.15) is 4.31 Å². The quantitative estimate of drug-likeness (QED) is 0.763. The van der Waals surface area contributed by atoms with Crippen molar-refractivity contribution in [2.24, 2.45) is 0 Å². The average Bonchev–Trinajstić information content (AvgIpc) is 2.69. The van der Waals surface area contributed by atoms with E-state index in [0.29, 0.717) is 4.34 Å². The van der Waals surface area contributed by atoms with Gasteiger partial charge in [-0.15, -0.1) is 11.3 Å². The molecule has 0 aliphatic rings. The molecule has 0 N–H and O–H groups in total. The lowest BCUT2D eigenvalue weighted by Gasteiger charge is -2.34. The van der Waals surface area contributed by atoms with Crippen LogP contribution < -0.4 is 0 Å². The molecule has 0 saturated carbocycles. The molecule has 0 aromatic carbocycles. The van der Waals surface area contributed by atoms with E-state index in [2.05, 4.69) is 0 Å². The van der Waals surface area contributed by atoms with E-state index >= 15 is 0 Å². The summed E-state index contributed by atoms with van der Waals surface area (Å²) in [6.45, 7) is 10.0. The van der Waals surface area contributed by atoms with Gasteiger partial charge in [0, 0.05) is 5.54 Å². The van der Waals surface area contributed by atoms with Crippen LogP contribution in [0.3, 0.4) is 0 Å². The highest BCUT2D eigenvalue weighted by Crippen LogP contribution is 2.31. The van der Waals surface area contributed by atoms with Crippen LogP contribution in [0.5, 0.6) is 0 Å². The first-order valence-electron chi connectivity index (χ1n) is 6.73. The molecular weight excluding hydrogens is 346 g/mol. The fourth-order valence-corrected chi connectivity index (χ4v) is 5.05. The van der Waals surface area contributed by atoms with Crippen LogP contribution in [0.2, 0.25) is 4.34 Å². The number of thiophene rings is 1. The number of rotatable bonds is 4. The zero-order valence-corrected chi connectivity index (χ0v) is 16.0. The Bertz CT molecular complexity index is 639. The number of nitrogens with zero attached hydrogens (tertiary/aromatic N) is 1. The Labute approximate surface area is 141 Å². The molecule has 8 heteroatoms. The Morgan fingerprint density at radius 2 is 1.77 bits per heavy atom. The van der Waals surface area contributed by atoms with Gasteiger partial charge in [0.2, 0.25) is 0 Å². The summed E-state index contributed by atoms with van der Waals surface area (Å²) in [4.78, 5) is 12.0. The van der Waals surface area contributed by atoms with Crippen molar-refractivity contribution < 1.29 is 17.9 Å². The second kappa shape index (κ2) is 6.47. The van der Waals surface area contributed by atoms with E-state index in [1.54, 1.807) is 41.5 Å². The first-order chi connectivity index (χ1) is 9.73. The van der Waals surface area contributed by atoms with Gasteiger partial charge in [-0.05, 0) is 53.7 Å². The van der Waals surface area contributed by atoms with Crippen LogP contribution in [0.1, 0.15) is 41.5 Å². The molecule has 0 amide bonds. The summed E-state index contributed by atoms with van der Waals surface area (Å²) < 4.78 is 32.4. The van der Waals surface area contributed by atoms with E-state index in [1.165, 1.54) is 12.1 Å². The monoisotopic (exact) mass is 367 g/mol. The molecule has 0 atom stereocenters. The molecule has 1 aromatic heterocycles. The Morgan fingerprint density at radius 3 is 2.14 bits per heavy atom. The topological polar surface area (TPSA) is 63.7 Å². The molecule has 1 heterocycles. The number of ether oxygens (including phenoxy) is 1. The lowest BCUT2D eigenvalue weighted by atomic mass is 10.1. The molecule has 22 heavy (non-hydrogen) atoms. The van der Waals surface area contributed by atoms with Crippen molar-refractivity contribution in [3.8, 4) is 0 Å². The van der Waals surface area contributed by atoms with Crippen LogP contribution in [0.4, 0.5) is 0 Å². The van der Waals surface area contributed by atoms with Crippen LogP contribution in [0.25, 0.3) is 0 Å². The summed E-state index contributed by atoms with van der Waals surface area (Å²) in [5.41, 5.74) is -1.44. The first-order valence-corrected chi connectivity index (χ1v) is 9.37. The lowest BCUT2D eigenvalue weighted by Crippen LogP contribution is -2.48. The van der Waals surface area contributed by atoms with Crippen LogP contribution in [-0.4, -0.2) is 36.4 Å². The molecular formula is C14H22ClNO4S2. The average molecular weight is 368 g/mol. The molecule has 1 rings (SSSR count). The number of carbonyl (C=O) groups excluding carboxylic acids is 1. The summed E-state index contributed by atoms with van der Waals surface area (Å²) in [6.07, 6.45) is 0. The van der Waals surface area contributed by atoms with E-state index in [0.717, 1.165) is 15.6 Å². The number of esters is 1. The fraction of sp³-hybridized carbons (Fsp3) is 0.643. The third kappa shape index (κ3) is 5.22. The van der Waals surface area contributed by atoms with Crippen molar-refractivity contribution >= 4 is 38.9 Å². The zero-order chi connectivity index (χ0) is 17.3. The Balaban J connectivity index is 3.12. The standard InChI is InChI=1S/C14H22ClNO4S2/c1-13(2,3)16(9-11(17)20-14(4,5)6)22(18,19)12-8-7-10(15)21-12/h7-8H,9H2,1-6H3. The number of carbonyl (C=O) groups is 1. The van der Waals surface area contributed by atoms with E-state index in [9.17, 15) is 13.2 Å². The predicted molar refractivity (Wildman–Crippen MR) is 88.8 cm³/mol. The number of hydrogen-bond donors (Lipinski definition) is 0. The highest BCUT2D eigenvalue weighted by molar-refractivity contribution is 7.91. The Hall–Kier alpha value is -0.630. The van der Waals surface area contributed by atoms with Gasteiger partial charge in [-0.1, -0.05) is 11.6 Å². The smallest absolute Gasteiger partial charge is 0.321 e. The molecule has 5 nitrogen and oxygen atoms in total. The summed E-state index contributed by atoms with van der Waals surface area (Å²) in [5, 5.41) is 0. The minimum atomic E-state index is -3.82. The normalized spacial score (nSPS) is 13.5. The number of sulfonamides is 1. The summed E-state index contributed by atoms with van der Waals surface area (Å²) >= 11 is 6.79. The van der Waals surface area contributed by atoms with Crippen molar-refractivity contribution in [3.63, 3.8) is 0 Å². The summed E-state index contributed by atoms with van der Waals surface area (Å²) in [7, 11) is -3.82. The maximum atomic E-state index is 12.8. The molecule has 0 saturated heterocycles. The SMILES string of the molecule is CC(C)(C)OC(=O)CN(C(C)(C)C)S(=O)(=O)c1ccc(Cl)s1. The highest BCUT2D eigenvalue weighted by Gasteiger charge is 2.37. The van der Waals surface area contributed by atoms with Gasteiger partial charge in [0.05, 0.1) is 4.34 Å². The van der Waals surface area contributed by atoms with Gasteiger partial charge < -0.3 is 4.74 Å². The molecule has 0 aliphatic heterocycles. The van der Waals surface area contributed by atoms with Gasteiger partial charge in [0.1, 0.15) is 16.4 Å². The van der Waals surface area contributed by atoms with Gasteiger partial charge in [0.25, 0.3) is 10.0 Å². The second-order valence-electron chi connectivity index (χ2n) is 6.83. The van der Waals surface area contributed by atoms with Crippen molar-refractivity contribution in [3.05, 3.63) is 16.5 Å². The van der Waals surface area contributed by atoms with Crippen molar-refractivity contribution in [2.45, 2.75) is 56.9 Å². The molecule has 0 aliphatic carbocycles. The number of hydrogen-bond acceptors (Lipinski definition) is 5. The van der Waals surface area contributed by atoms with Crippen LogP contribution in [0, 0.1) is 0 Å². The molecule has 0 bridgehead atoms. The maximum Gasteiger partial charge on any atom is 0.321 e. The Morgan fingerprint density at radius 1 is 1.23 bits per heavy atom. The lowest BCUT2D eigenvalue weighted by molar-refractivity contribution is -0.155. The third-order valence-electron chi connectivity index (χ3n) is 2.53. The van der Waals surface area contributed by atoms with Crippen molar-refractivity contribution in [2.75, 3.05) is 6.54 Å². The second-order valence-corrected chi connectivity index (χ2v) is 10.6. The van der Waals surface area contributed by atoms with Crippen molar-refractivity contribution in [1.82, 2.24) is 4.31 Å². The van der Waals surface area contributed by atoms with Crippen molar-refractivity contribution in [1.29, 1.82) is 0 Å². The Kier molecular flexibility index (Phi) is 5.71. The zero-order valence-electron chi connectivity index (χ0n) is 13.6. The molecule has 126 valence electrons. The van der Waals surface area contributed by atoms with E-state index in [1.807, 2.05) is 0 Å². The minimum Gasteiger partial charge on any atom is -0.459 e. The molecule has 1 aromatic rings. The maximum absolute atomic E-state index is 12.8. The number of halogens is 1. The van der Waals surface area contributed by atoms with Gasteiger partial charge in [-0.3, -0.25) is 4.79 Å². The highest BCUT2D eigenvalue weighted by atomic mass is 35.5. The molecule has 0 fully saturated rings. The fourth-order valence-electron chi connectivity index (χ4n) is 1.72. The summed E-state index contributed by atoms with van der Waals surface area (Å²) in [6, 6.07) is 2.96. The third-order valence-corrected chi connectivity index (χ3v) is 6.34. The predicted octanol–water partition coefficient (Wildman–Crippen LogP) is 3.53. The van der Waals surface area contributed by atoms with Crippen LogP contribution in [-0.2, 0) is 19.6 Å². The van der Waals surface area contributed by atoms with Crippen LogP contribution in [0.15, 0.2) is 16.3 Å². The van der Waals surface area contributed by atoms with Gasteiger partial charge in [0.15, 0.2) is 0 Å². The molecule has 0 radical (unpaired) electrons. The largest absolute Gasteiger partial charge is 0.459 e. The molecule has 0 spiro atoms. The first kappa shape index (κ1) is 19.4.